The molecule has 0 spiro atoms. The van der Waals surface area contributed by atoms with Crippen LogP contribution in [0.25, 0.3) is 0 Å². The molecule has 0 unspecified atom stereocenters. The highest BCUT2D eigenvalue weighted by Crippen LogP contribution is 2.30. The number of nitro groups is 1. The SMILES string of the molecule is CCNc1c(CSCCN(C)C)cccc1[N+](=O)[O-]. The minimum atomic E-state index is -0.327. The van der Waals surface area contributed by atoms with E-state index in [4.69, 9.17) is 0 Å². The van der Waals surface area contributed by atoms with Crippen LogP contribution in [0.15, 0.2) is 18.2 Å². The quantitative estimate of drug-likeness (QED) is 0.451. The van der Waals surface area contributed by atoms with Gasteiger partial charge in [-0.2, -0.15) is 11.8 Å². The molecule has 0 aliphatic heterocycles. The van der Waals surface area contributed by atoms with Crippen molar-refractivity contribution in [1.82, 2.24) is 4.90 Å². The third-order valence-corrected chi connectivity index (χ3v) is 3.61. The Hall–Kier alpha value is -1.27. The Kier molecular flexibility index (Phi) is 6.66. The second kappa shape index (κ2) is 8.01. The van der Waals surface area contributed by atoms with Crippen LogP contribution in [0.3, 0.4) is 0 Å². The van der Waals surface area contributed by atoms with Crippen molar-refractivity contribution in [2.75, 3.05) is 38.3 Å². The average Bonchev–Trinajstić information content (AvgIpc) is 2.35. The fourth-order valence-electron chi connectivity index (χ4n) is 1.67. The highest BCUT2D eigenvalue weighted by atomic mass is 32.2. The Morgan fingerprint density at radius 2 is 2.16 bits per heavy atom. The number of rotatable bonds is 8. The maximum absolute atomic E-state index is 11.0. The Balaban J connectivity index is 2.75. The monoisotopic (exact) mass is 283 g/mol. The molecule has 0 radical (unpaired) electrons. The van der Waals surface area contributed by atoms with Crippen molar-refractivity contribution >= 4 is 23.1 Å². The van der Waals surface area contributed by atoms with Crippen LogP contribution in [0.4, 0.5) is 11.4 Å². The Morgan fingerprint density at radius 3 is 2.74 bits per heavy atom. The average molecular weight is 283 g/mol. The molecule has 6 heteroatoms. The first-order chi connectivity index (χ1) is 9.06. The van der Waals surface area contributed by atoms with Crippen LogP contribution < -0.4 is 5.32 Å². The first-order valence-corrected chi connectivity index (χ1v) is 7.44. The third kappa shape index (κ3) is 5.08. The van der Waals surface area contributed by atoms with Crippen LogP contribution in [0.5, 0.6) is 0 Å². The summed E-state index contributed by atoms with van der Waals surface area (Å²) in [7, 11) is 4.08. The molecule has 5 nitrogen and oxygen atoms in total. The summed E-state index contributed by atoms with van der Waals surface area (Å²) in [6.45, 7) is 3.63. The molecule has 0 aromatic heterocycles. The molecule has 0 saturated heterocycles. The van der Waals surface area contributed by atoms with Crippen molar-refractivity contribution in [1.29, 1.82) is 0 Å². The zero-order valence-corrected chi connectivity index (χ0v) is 12.5. The molecule has 0 fully saturated rings. The smallest absolute Gasteiger partial charge is 0.292 e. The maximum Gasteiger partial charge on any atom is 0.292 e. The van der Waals surface area contributed by atoms with Crippen LogP contribution >= 0.6 is 11.8 Å². The third-order valence-electron chi connectivity index (χ3n) is 2.62. The number of anilines is 1. The zero-order valence-electron chi connectivity index (χ0n) is 11.7. The number of nitrogens with one attached hydrogen (secondary N) is 1. The summed E-state index contributed by atoms with van der Waals surface area (Å²) >= 11 is 1.79. The fraction of sp³-hybridized carbons (Fsp3) is 0.538. The van der Waals surface area contributed by atoms with Crippen LogP contribution in [-0.2, 0) is 5.75 Å². The van der Waals surface area contributed by atoms with Crippen molar-refractivity contribution in [2.24, 2.45) is 0 Å². The topological polar surface area (TPSA) is 58.4 Å². The van der Waals surface area contributed by atoms with Gasteiger partial charge in [-0.25, -0.2) is 0 Å². The number of benzene rings is 1. The van der Waals surface area contributed by atoms with Crippen molar-refractivity contribution in [3.8, 4) is 0 Å². The summed E-state index contributed by atoms with van der Waals surface area (Å²) in [4.78, 5) is 12.8. The lowest BCUT2D eigenvalue weighted by Crippen LogP contribution is -2.15. The predicted molar refractivity (Wildman–Crippen MR) is 82.0 cm³/mol. The van der Waals surface area contributed by atoms with Gasteiger partial charge in [0.1, 0.15) is 5.69 Å². The second-order valence-electron chi connectivity index (χ2n) is 4.45. The van der Waals surface area contributed by atoms with Gasteiger partial charge in [0.25, 0.3) is 5.69 Å². The van der Waals surface area contributed by atoms with E-state index in [-0.39, 0.29) is 10.6 Å². The number of thioether (sulfide) groups is 1. The van der Waals surface area contributed by atoms with E-state index in [1.165, 1.54) is 0 Å². The van der Waals surface area contributed by atoms with Gasteiger partial charge in [0.05, 0.1) is 4.92 Å². The minimum Gasteiger partial charge on any atom is -0.380 e. The summed E-state index contributed by atoms with van der Waals surface area (Å²) in [6.07, 6.45) is 0. The lowest BCUT2D eigenvalue weighted by Gasteiger charge is -2.12. The van der Waals surface area contributed by atoms with Crippen molar-refractivity contribution in [3.05, 3.63) is 33.9 Å². The van der Waals surface area contributed by atoms with Gasteiger partial charge in [0.2, 0.25) is 0 Å². The number of hydrogen-bond donors (Lipinski definition) is 1. The predicted octanol–water partition coefficient (Wildman–Crippen LogP) is 2.82. The number of nitro benzene ring substituents is 1. The molecule has 0 aliphatic carbocycles. The summed E-state index contributed by atoms with van der Waals surface area (Å²) in [6, 6.07) is 5.25. The highest BCUT2D eigenvalue weighted by Gasteiger charge is 2.16. The maximum atomic E-state index is 11.0. The second-order valence-corrected chi connectivity index (χ2v) is 5.56. The van der Waals surface area contributed by atoms with E-state index in [1.807, 2.05) is 27.1 Å². The van der Waals surface area contributed by atoms with E-state index in [0.717, 1.165) is 23.6 Å². The summed E-state index contributed by atoms with van der Waals surface area (Å²) in [5.74, 6) is 1.80. The molecule has 1 aromatic rings. The van der Waals surface area contributed by atoms with Gasteiger partial charge in [-0.05, 0) is 26.6 Å². The fourth-order valence-corrected chi connectivity index (χ4v) is 2.77. The van der Waals surface area contributed by atoms with Gasteiger partial charge in [-0.3, -0.25) is 10.1 Å². The number of para-hydroxylation sites is 1. The highest BCUT2D eigenvalue weighted by molar-refractivity contribution is 7.98. The van der Waals surface area contributed by atoms with E-state index in [0.29, 0.717) is 12.2 Å². The van der Waals surface area contributed by atoms with Crippen LogP contribution in [-0.4, -0.2) is 42.8 Å². The van der Waals surface area contributed by atoms with E-state index in [1.54, 1.807) is 23.9 Å². The van der Waals surface area contributed by atoms with Crippen molar-refractivity contribution in [3.63, 3.8) is 0 Å². The Labute approximate surface area is 118 Å². The normalized spacial score (nSPS) is 10.7. The van der Waals surface area contributed by atoms with Gasteiger partial charge in [-0.15, -0.1) is 0 Å². The van der Waals surface area contributed by atoms with E-state index >= 15 is 0 Å². The summed E-state index contributed by atoms with van der Waals surface area (Å²) in [5, 5.41) is 14.1. The molecule has 0 saturated carbocycles. The van der Waals surface area contributed by atoms with Gasteiger partial charge < -0.3 is 10.2 Å². The first-order valence-electron chi connectivity index (χ1n) is 6.28. The van der Waals surface area contributed by atoms with Gasteiger partial charge in [0, 0.05) is 30.7 Å². The van der Waals surface area contributed by atoms with Crippen molar-refractivity contribution < 1.29 is 4.92 Å². The molecule has 0 amide bonds. The molecule has 0 heterocycles. The van der Waals surface area contributed by atoms with Crippen LogP contribution in [0.1, 0.15) is 12.5 Å². The van der Waals surface area contributed by atoms with Gasteiger partial charge >= 0.3 is 0 Å². The number of hydrogen-bond acceptors (Lipinski definition) is 5. The zero-order chi connectivity index (χ0) is 14.3. The van der Waals surface area contributed by atoms with E-state index in [9.17, 15) is 10.1 Å². The summed E-state index contributed by atoms with van der Waals surface area (Å²) in [5.41, 5.74) is 1.82. The van der Waals surface area contributed by atoms with E-state index in [2.05, 4.69) is 10.2 Å². The number of nitrogens with zero attached hydrogens (tertiary/aromatic N) is 2. The summed E-state index contributed by atoms with van der Waals surface area (Å²) < 4.78 is 0. The van der Waals surface area contributed by atoms with Gasteiger partial charge in [0.15, 0.2) is 0 Å². The molecular formula is C13H21N3O2S. The molecular weight excluding hydrogens is 262 g/mol. The molecule has 1 aromatic carbocycles. The lowest BCUT2D eigenvalue weighted by atomic mass is 10.1. The molecule has 0 bridgehead atoms. The molecule has 0 atom stereocenters. The first kappa shape index (κ1) is 15.8. The van der Waals surface area contributed by atoms with Gasteiger partial charge in [-0.1, -0.05) is 12.1 Å². The molecule has 1 rings (SSSR count). The van der Waals surface area contributed by atoms with Crippen molar-refractivity contribution in [2.45, 2.75) is 12.7 Å². The standard InChI is InChI=1S/C13H21N3O2S/c1-4-14-13-11(10-19-9-8-15(2)3)6-5-7-12(13)16(17)18/h5-7,14H,4,8-10H2,1-3H3. The van der Waals surface area contributed by atoms with Crippen LogP contribution in [0, 0.1) is 10.1 Å². The minimum absolute atomic E-state index is 0.160. The Bertz CT molecular complexity index is 424. The largest absolute Gasteiger partial charge is 0.380 e. The molecule has 19 heavy (non-hydrogen) atoms. The van der Waals surface area contributed by atoms with Crippen LogP contribution in [0.2, 0.25) is 0 Å². The molecule has 0 aliphatic rings. The molecule has 1 N–H and O–H groups in total. The Morgan fingerprint density at radius 1 is 1.42 bits per heavy atom. The van der Waals surface area contributed by atoms with E-state index < -0.39 is 0 Å². The lowest BCUT2D eigenvalue weighted by molar-refractivity contribution is -0.384. The molecule has 106 valence electrons.